The molecule has 7 heteroatoms. The minimum absolute atomic E-state index is 0.126. The van der Waals surface area contributed by atoms with Crippen molar-refractivity contribution in [1.82, 2.24) is 19.9 Å². The van der Waals surface area contributed by atoms with Crippen molar-refractivity contribution in [1.29, 1.82) is 0 Å². The first-order valence-electron chi connectivity index (χ1n) is 6.48. The molecular weight excluding hydrogens is 284 g/mol. The largest absolute Gasteiger partial charge is 0.481 e. The molecule has 0 amide bonds. The molecule has 0 bridgehead atoms. The van der Waals surface area contributed by atoms with Crippen LogP contribution in [0.5, 0.6) is 5.88 Å². The summed E-state index contributed by atoms with van der Waals surface area (Å²) in [5.74, 6) is 0.00658. The number of fused-ring (bicyclic) bond motifs is 1. The van der Waals surface area contributed by atoms with E-state index in [2.05, 4.69) is 19.9 Å². The summed E-state index contributed by atoms with van der Waals surface area (Å²) in [6.07, 6.45) is 6.03. The van der Waals surface area contributed by atoms with Crippen LogP contribution in [0.2, 0.25) is 0 Å². The van der Waals surface area contributed by atoms with Crippen LogP contribution in [-0.4, -0.2) is 33.0 Å². The lowest BCUT2D eigenvalue weighted by Crippen LogP contribution is -2.06. The Kier molecular flexibility index (Phi) is 3.86. The van der Waals surface area contributed by atoms with Crippen molar-refractivity contribution in [3.8, 4) is 5.88 Å². The van der Waals surface area contributed by atoms with Gasteiger partial charge in [0.2, 0.25) is 5.88 Å². The van der Waals surface area contributed by atoms with Gasteiger partial charge >= 0.3 is 5.97 Å². The van der Waals surface area contributed by atoms with E-state index < -0.39 is 5.97 Å². The molecule has 0 saturated heterocycles. The average molecular weight is 296 g/mol. The fourth-order valence-electron chi connectivity index (χ4n) is 1.87. The van der Waals surface area contributed by atoms with E-state index in [0.717, 1.165) is 5.56 Å². The number of methoxy groups -OCH3 is 1. The molecule has 0 aliphatic carbocycles. The zero-order valence-corrected chi connectivity index (χ0v) is 11.8. The molecule has 0 aliphatic rings. The summed E-state index contributed by atoms with van der Waals surface area (Å²) in [5.41, 5.74) is 1.67. The third kappa shape index (κ3) is 2.98. The van der Waals surface area contributed by atoms with Crippen molar-refractivity contribution in [2.45, 2.75) is 6.61 Å². The van der Waals surface area contributed by atoms with Gasteiger partial charge in [-0.3, -0.25) is 0 Å². The van der Waals surface area contributed by atoms with Gasteiger partial charge in [0.25, 0.3) is 0 Å². The summed E-state index contributed by atoms with van der Waals surface area (Å²) in [7, 11) is 1.53. The second-order valence-electron chi connectivity index (χ2n) is 4.44. The second kappa shape index (κ2) is 6.13. The number of rotatable bonds is 4. The number of esters is 1. The Labute approximate surface area is 126 Å². The van der Waals surface area contributed by atoms with Crippen LogP contribution in [0.3, 0.4) is 0 Å². The van der Waals surface area contributed by atoms with Crippen LogP contribution in [0.15, 0.2) is 43.1 Å². The lowest BCUT2D eigenvalue weighted by Gasteiger charge is -2.06. The Bertz CT molecular complexity index is 823. The number of aromatic nitrogens is 4. The van der Waals surface area contributed by atoms with Crippen molar-refractivity contribution in [3.05, 3.63) is 54.2 Å². The zero-order valence-electron chi connectivity index (χ0n) is 11.8. The predicted molar refractivity (Wildman–Crippen MR) is 77.2 cm³/mol. The number of carbonyl (C=O) groups is 1. The summed E-state index contributed by atoms with van der Waals surface area (Å²) in [5, 5.41) is 0.683. The van der Waals surface area contributed by atoms with Crippen LogP contribution in [0.4, 0.5) is 0 Å². The van der Waals surface area contributed by atoms with E-state index in [1.807, 2.05) is 0 Å². The number of carbonyl (C=O) groups excluding carboxylic acids is 1. The SMILES string of the molecule is COc1cc(COC(=O)c2cnc3ncncc3c2)ccn1. The number of hydrogen-bond donors (Lipinski definition) is 0. The van der Waals surface area contributed by atoms with E-state index >= 15 is 0 Å². The van der Waals surface area contributed by atoms with E-state index in [1.165, 1.54) is 19.6 Å². The van der Waals surface area contributed by atoms with Crippen LogP contribution >= 0.6 is 0 Å². The molecule has 3 aromatic heterocycles. The third-order valence-electron chi connectivity index (χ3n) is 2.97. The van der Waals surface area contributed by atoms with Gasteiger partial charge in [0.1, 0.15) is 12.9 Å². The van der Waals surface area contributed by atoms with Gasteiger partial charge in [0, 0.05) is 30.0 Å². The molecule has 0 saturated carbocycles. The van der Waals surface area contributed by atoms with Gasteiger partial charge in [-0.1, -0.05) is 0 Å². The van der Waals surface area contributed by atoms with Gasteiger partial charge in [0.05, 0.1) is 12.7 Å². The highest BCUT2D eigenvalue weighted by Crippen LogP contribution is 2.13. The maximum atomic E-state index is 12.1. The normalized spacial score (nSPS) is 10.4. The number of pyridine rings is 2. The van der Waals surface area contributed by atoms with E-state index in [-0.39, 0.29) is 6.61 Å². The molecule has 0 unspecified atom stereocenters. The van der Waals surface area contributed by atoms with Crippen molar-refractivity contribution in [3.63, 3.8) is 0 Å². The maximum absolute atomic E-state index is 12.1. The Morgan fingerprint density at radius 1 is 1.18 bits per heavy atom. The molecule has 0 radical (unpaired) electrons. The molecule has 110 valence electrons. The van der Waals surface area contributed by atoms with Crippen molar-refractivity contribution < 1.29 is 14.3 Å². The molecule has 7 nitrogen and oxygen atoms in total. The summed E-state index contributed by atoms with van der Waals surface area (Å²) < 4.78 is 10.3. The average Bonchev–Trinajstić information content (AvgIpc) is 2.59. The molecule has 3 heterocycles. The van der Waals surface area contributed by atoms with Gasteiger partial charge in [-0.05, 0) is 17.7 Å². The van der Waals surface area contributed by atoms with Crippen LogP contribution in [0.25, 0.3) is 11.0 Å². The lowest BCUT2D eigenvalue weighted by atomic mass is 10.2. The predicted octanol–water partition coefficient (Wildman–Crippen LogP) is 1.79. The first-order valence-corrected chi connectivity index (χ1v) is 6.48. The molecule has 3 aromatic rings. The molecular formula is C15H12N4O3. The van der Waals surface area contributed by atoms with E-state index in [1.54, 1.807) is 30.6 Å². The Morgan fingerprint density at radius 2 is 2.09 bits per heavy atom. The van der Waals surface area contributed by atoms with Crippen molar-refractivity contribution in [2.24, 2.45) is 0 Å². The second-order valence-corrected chi connectivity index (χ2v) is 4.44. The topological polar surface area (TPSA) is 87.1 Å². The summed E-state index contributed by atoms with van der Waals surface area (Å²) in [6.45, 7) is 0.126. The van der Waals surface area contributed by atoms with E-state index in [0.29, 0.717) is 22.5 Å². The zero-order chi connectivity index (χ0) is 15.4. The monoisotopic (exact) mass is 296 g/mol. The molecule has 0 aromatic carbocycles. The lowest BCUT2D eigenvalue weighted by molar-refractivity contribution is 0.0472. The minimum atomic E-state index is -0.464. The van der Waals surface area contributed by atoms with Gasteiger partial charge in [-0.15, -0.1) is 0 Å². The maximum Gasteiger partial charge on any atom is 0.340 e. The molecule has 0 fully saturated rings. The van der Waals surface area contributed by atoms with E-state index in [4.69, 9.17) is 9.47 Å². The Balaban J connectivity index is 1.72. The quantitative estimate of drug-likeness (QED) is 0.678. The van der Waals surface area contributed by atoms with E-state index in [9.17, 15) is 4.79 Å². The van der Waals surface area contributed by atoms with Crippen molar-refractivity contribution in [2.75, 3.05) is 7.11 Å². The fraction of sp³-hybridized carbons (Fsp3) is 0.133. The Morgan fingerprint density at radius 3 is 2.95 bits per heavy atom. The first kappa shape index (κ1) is 13.9. The fourth-order valence-corrected chi connectivity index (χ4v) is 1.87. The third-order valence-corrected chi connectivity index (χ3v) is 2.97. The van der Waals surface area contributed by atoms with Crippen LogP contribution < -0.4 is 4.74 Å². The smallest absolute Gasteiger partial charge is 0.340 e. The molecule has 0 N–H and O–H groups in total. The van der Waals surface area contributed by atoms with Gasteiger partial charge in [-0.2, -0.15) is 0 Å². The first-order chi connectivity index (χ1) is 10.8. The minimum Gasteiger partial charge on any atom is -0.481 e. The van der Waals surface area contributed by atoms with Gasteiger partial charge < -0.3 is 9.47 Å². The highest BCUT2D eigenvalue weighted by molar-refractivity contribution is 5.92. The molecule has 0 spiro atoms. The van der Waals surface area contributed by atoms with Crippen LogP contribution in [0, 0.1) is 0 Å². The highest BCUT2D eigenvalue weighted by atomic mass is 16.5. The standard InChI is InChI=1S/C15H12N4O3/c1-21-13-4-10(2-3-17-13)8-22-15(20)12-5-11-6-16-9-19-14(11)18-7-12/h2-7,9H,8H2,1H3. The van der Waals surface area contributed by atoms with Crippen molar-refractivity contribution >= 4 is 17.0 Å². The number of nitrogens with zero attached hydrogens (tertiary/aromatic N) is 4. The molecule has 3 rings (SSSR count). The molecule has 22 heavy (non-hydrogen) atoms. The van der Waals surface area contributed by atoms with Gasteiger partial charge in [-0.25, -0.2) is 24.7 Å². The Hall–Kier alpha value is -3.09. The summed E-state index contributed by atoms with van der Waals surface area (Å²) >= 11 is 0. The summed E-state index contributed by atoms with van der Waals surface area (Å²) in [4.78, 5) is 28.1. The van der Waals surface area contributed by atoms with Crippen LogP contribution in [0.1, 0.15) is 15.9 Å². The van der Waals surface area contributed by atoms with Gasteiger partial charge in [0.15, 0.2) is 5.65 Å². The van der Waals surface area contributed by atoms with Crippen LogP contribution in [-0.2, 0) is 11.3 Å². The molecule has 0 atom stereocenters. The number of ether oxygens (including phenoxy) is 2. The number of hydrogen-bond acceptors (Lipinski definition) is 7. The summed E-state index contributed by atoms with van der Waals surface area (Å²) in [6, 6.07) is 5.11. The highest BCUT2D eigenvalue weighted by Gasteiger charge is 2.10. The molecule has 0 aliphatic heterocycles.